The van der Waals surface area contributed by atoms with Crippen LogP contribution in [0.3, 0.4) is 0 Å². The number of anilines is 1. The molecule has 6 nitrogen and oxygen atoms in total. The highest BCUT2D eigenvalue weighted by Gasteiger charge is 2.18. The molecule has 0 radical (unpaired) electrons. The molecule has 1 rings (SSSR count). The molecular formula is C11H20N4O2. The monoisotopic (exact) mass is 240 g/mol. The quantitative estimate of drug-likeness (QED) is 0.788. The maximum Gasteiger partial charge on any atom is 0.241 e. The third-order valence-corrected chi connectivity index (χ3v) is 2.70. The van der Waals surface area contributed by atoms with Crippen molar-refractivity contribution in [2.75, 3.05) is 32.6 Å². The normalized spacial score (nSPS) is 10.5. The van der Waals surface area contributed by atoms with Crippen molar-refractivity contribution < 1.29 is 9.90 Å². The second kappa shape index (κ2) is 5.18. The van der Waals surface area contributed by atoms with E-state index >= 15 is 0 Å². The maximum absolute atomic E-state index is 11.6. The van der Waals surface area contributed by atoms with Gasteiger partial charge >= 0.3 is 0 Å². The summed E-state index contributed by atoms with van der Waals surface area (Å²) in [5.74, 6) is 0.787. The summed E-state index contributed by atoms with van der Waals surface area (Å²) in [5.41, 5.74) is 1.55. The van der Waals surface area contributed by atoms with Crippen molar-refractivity contribution in [3.63, 3.8) is 0 Å². The molecule has 0 fully saturated rings. The lowest BCUT2D eigenvalue weighted by Crippen LogP contribution is -2.35. The highest BCUT2D eigenvalue weighted by Crippen LogP contribution is 2.21. The minimum absolute atomic E-state index is 0.00948. The number of aryl methyl sites for hydroxylation is 2. The van der Waals surface area contributed by atoms with Crippen LogP contribution in [0, 0.1) is 6.92 Å². The van der Waals surface area contributed by atoms with Crippen LogP contribution in [0.2, 0.25) is 0 Å². The van der Waals surface area contributed by atoms with Gasteiger partial charge in [-0.05, 0) is 6.92 Å². The van der Waals surface area contributed by atoms with Crippen LogP contribution in [0.5, 0.6) is 0 Å². The summed E-state index contributed by atoms with van der Waals surface area (Å²) >= 11 is 0. The molecule has 0 unspecified atom stereocenters. The fourth-order valence-electron chi connectivity index (χ4n) is 1.77. The van der Waals surface area contributed by atoms with E-state index in [4.69, 9.17) is 0 Å². The molecule has 0 aromatic carbocycles. The Morgan fingerprint density at radius 1 is 1.41 bits per heavy atom. The highest BCUT2D eigenvalue weighted by molar-refractivity contribution is 5.80. The third-order valence-electron chi connectivity index (χ3n) is 2.70. The van der Waals surface area contributed by atoms with E-state index in [1.165, 1.54) is 0 Å². The first kappa shape index (κ1) is 13.5. The standard InChI is InChI=1S/C11H20N4O2/c1-8-9(7-16)11(15(5)12-8)14(4)6-10(17)13(2)3/h16H,6-7H2,1-5H3. The molecule has 0 saturated heterocycles. The van der Waals surface area contributed by atoms with Gasteiger partial charge in [0.25, 0.3) is 0 Å². The summed E-state index contributed by atoms with van der Waals surface area (Å²) in [4.78, 5) is 15.0. The number of aliphatic hydroxyl groups is 1. The summed E-state index contributed by atoms with van der Waals surface area (Å²) in [5, 5.41) is 13.6. The van der Waals surface area contributed by atoms with Crippen molar-refractivity contribution in [3.8, 4) is 0 Å². The first-order valence-electron chi connectivity index (χ1n) is 5.43. The van der Waals surface area contributed by atoms with Crippen LogP contribution in [0.15, 0.2) is 0 Å². The molecule has 6 heteroatoms. The van der Waals surface area contributed by atoms with Gasteiger partial charge in [-0.15, -0.1) is 0 Å². The van der Waals surface area contributed by atoms with E-state index in [1.807, 2.05) is 14.0 Å². The van der Waals surface area contributed by atoms with E-state index in [0.717, 1.165) is 17.1 Å². The van der Waals surface area contributed by atoms with E-state index in [9.17, 15) is 9.90 Å². The fraction of sp³-hybridized carbons (Fsp3) is 0.636. The van der Waals surface area contributed by atoms with Crippen LogP contribution >= 0.6 is 0 Å². The Morgan fingerprint density at radius 3 is 2.47 bits per heavy atom. The van der Waals surface area contributed by atoms with Crippen molar-refractivity contribution in [1.82, 2.24) is 14.7 Å². The zero-order valence-electron chi connectivity index (χ0n) is 11.1. The predicted octanol–water partition coefficient (Wildman–Crippen LogP) is -0.255. The molecular weight excluding hydrogens is 220 g/mol. The number of amides is 1. The van der Waals surface area contributed by atoms with E-state index in [-0.39, 0.29) is 19.1 Å². The Labute approximate surface area is 101 Å². The lowest BCUT2D eigenvalue weighted by Gasteiger charge is -2.22. The minimum atomic E-state index is -0.0739. The highest BCUT2D eigenvalue weighted by atomic mass is 16.3. The zero-order valence-corrected chi connectivity index (χ0v) is 11.1. The van der Waals surface area contributed by atoms with Crippen molar-refractivity contribution in [2.45, 2.75) is 13.5 Å². The summed E-state index contributed by atoms with van der Waals surface area (Å²) < 4.78 is 1.68. The van der Waals surface area contributed by atoms with Crippen LogP contribution in [0.4, 0.5) is 5.82 Å². The zero-order chi connectivity index (χ0) is 13.2. The Kier molecular flexibility index (Phi) is 4.11. The first-order chi connectivity index (χ1) is 7.88. The van der Waals surface area contributed by atoms with Gasteiger partial charge in [0.05, 0.1) is 18.8 Å². The molecule has 1 N–H and O–H groups in total. The lowest BCUT2D eigenvalue weighted by atomic mass is 10.2. The van der Waals surface area contributed by atoms with Gasteiger partial charge in [-0.25, -0.2) is 0 Å². The van der Waals surface area contributed by atoms with Crippen molar-refractivity contribution in [1.29, 1.82) is 0 Å². The van der Waals surface area contributed by atoms with Gasteiger partial charge in [0.15, 0.2) is 0 Å². The topological polar surface area (TPSA) is 61.6 Å². The van der Waals surface area contributed by atoms with E-state index in [0.29, 0.717) is 0 Å². The number of aromatic nitrogens is 2. The summed E-state index contributed by atoms with van der Waals surface area (Å²) in [6.45, 7) is 2.03. The second-order valence-corrected chi connectivity index (χ2v) is 4.31. The molecule has 0 bridgehead atoms. The predicted molar refractivity (Wildman–Crippen MR) is 65.8 cm³/mol. The molecule has 0 spiro atoms. The number of likely N-dealkylation sites (N-methyl/N-ethyl adjacent to an activating group) is 2. The maximum atomic E-state index is 11.6. The van der Waals surface area contributed by atoms with Crippen LogP contribution in [-0.2, 0) is 18.4 Å². The molecule has 1 amide bonds. The number of aliphatic hydroxyl groups excluding tert-OH is 1. The van der Waals surface area contributed by atoms with Gasteiger partial charge in [0.2, 0.25) is 5.91 Å². The largest absolute Gasteiger partial charge is 0.391 e. The number of carbonyl (C=O) groups excluding carboxylic acids is 1. The number of carbonyl (C=O) groups is 1. The molecule has 1 heterocycles. The van der Waals surface area contributed by atoms with Gasteiger partial charge in [-0.1, -0.05) is 0 Å². The van der Waals surface area contributed by atoms with Crippen molar-refractivity contribution in [3.05, 3.63) is 11.3 Å². The average Bonchev–Trinajstić information content (AvgIpc) is 2.52. The SMILES string of the molecule is Cc1nn(C)c(N(C)CC(=O)N(C)C)c1CO. The molecule has 0 atom stereocenters. The Hall–Kier alpha value is -1.56. The number of nitrogens with zero attached hydrogens (tertiary/aromatic N) is 4. The Balaban J connectivity index is 2.96. The third kappa shape index (κ3) is 2.76. The number of hydrogen-bond acceptors (Lipinski definition) is 4. The minimum Gasteiger partial charge on any atom is -0.391 e. The molecule has 1 aromatic heterocycles. The van der Waals surface area contributed by atoms with E-state index < -0.39 is 0 Å². The fourth-order valence-corrected chi connectivity index (χ4v) is 1.77. The van der Waals surface area contributed by atoms with Gasteiger partial charge in [0, 0.05) is 33.8 Å². The molecule has 1 aromatic rings. The second-order valence-electron chi connectivity index (χ2n) is 4.31. The van der Waals surface area contributed by atoms with Crippen LogP contribution < -0.4 is 4.90 Å². The van der Waals surface area contributed by atoms with Crippen LogP contribution in [0.25, 0.3) is 0 Å². The van der Waals surface area contributed by atoms with Crippen LogP contribution in [-0.4, -0.2) is 53.4 Å². The lowest BCUT2D eigenvalue weighted by molar-refractivity contribution is -0.127. The molecule has 0 saturated carbocycles. The molecule has 17 heavy (non-hydrogen) atoms. The molecule has 0 aliphatic carbocycles. The number of hydrogen-bond donors (Lipinski definition) is 1. The smallest absolute Gasteiger partial charge is 0.241 e. The average molecular weight is 240 g/mol. The van der Waals surface area contributed by atoms with Gasteiger partial charge in [-0.2, -0.15) is 5.10 Å². The van der Waals surface area contributed by atoms with E-state index in [2.05, 4.69) is 5.10 Å². The van der Waals surface area contributed by atoms with Gasteiger partial charge in [0.1, 0.15) is 5.82 Å². The van der Waals surface area contributed by atoms with Crippen molar-refractivity contribution in [2.24, 2.45) is 7.05 Å². The van der Waals surface area contributed by atoms with Crippen molar-refractivity contribution >= 4 is 11.7 Å². The summed E-state index contributed by atoms with van der Waals surface area (Å²) in [6.07, 6.45) is 0. The summed E-state index contributed by atoms with van der Waals surface area (Å²) in [6, 6.07) is 0. The first-order valence-corrected chi connectivity index (χ1v) is 5.43. The van der Waals surface area contributed by atoms with E-state index in [1.54, 1.807) is 35.6 Å². The van der Waals surface area contributed by atoms with Gasteiger partial charge in [-0.3, -0.25) is 9.48 Å². The van der Waals surface area contributed by atoms with Gasteiger partial charge < -0.3 is 14.9 Å². The van der Waals surface area contributed by atoms with Crippen LogP contribution in [0.1, 0.15) is 11.3 Å². The Morgan fingerprint density at radius 2 is 2.00 bits per heavy atom. The summed E-state index contributed by atoms with van der Waals surface area (Å²) in [7, 11) is 7.06. The molecule has 96 valence electrons. The molecule has 0 aliphatic rings. The molecule has 0 aliphatic heterocycles. The number of rotatable bonds is 4. The Bertz CT molecular complexity index is 412.